The predicted molar refractivity (Wildman–Crippen MR) is 60.4 cm³/mol. The smallest absolute Gasteiger partial charge is 0.362 e. The molecule has 0 bridgehead atoms. The van der Waals surface area contributed by atoms with Crippen LogP contribution in [0.3, 0.4) is 0 Å². The van der Waals surface area contributed by atoms with Gasteiger partial charge >= 0.3 is 13.6 Å². The number of carbonyl (C=O) groups is 1. The molecule has 5 nitrogen and oxygen atoms in total. The summed E-state index contributed by atoms with van der Waals surface area (Å²) in [4.78, 5) is 26.3. The molecule has 0 saturated carbocycles. The van der Waals surface area contributed by atoms with Crippen LogP contribution < -0.4 is 5.30 Å². The van der Waals surface area contributed by atoms with Crippen molar-refractivity contribution in [2.45, 2.75) is 6.92 Å². The number of benzene rings is 1. The number of carboxylic acid groups (broad SMARTS) is 1. The number of rotatable bonds is 2. The zero-order chi connectivity index (χ0) is 17.1. The molecule has 21 heavy (non-hydrogen) atoms. The molecule has 0 aliphatic heterocycles. The third-order valence-electron chi connectivity index (χ3n) is 1.84. The molecule has 0 saturated heterocycles. The van der Waals surface area contributed by atoms with Gasteiger partial charge < -0.3 is 14.9 Å². The van der Waals surface area contributed by atoms with Gasteiger partial charge in [-0.3, -0.25) is 4.57 Å². The van der Waals surface area contributed by atoms with Crippen LogP contribution in [0, 0.1) is 29.1 Å². The van der Waals surface area contributed by atoms with Crippen LogP contribution in [0.1, 0.15) is 6.92 Å². The molecule has 1 aromatic rings. The van der Waals surface area contributed by atoms with Crippen molar-refractivity contribution in [3.05, 3.63) is 41.2 Å². The first kappa shape index (κ1) is 19.2. The molecule has 0 radical (unpaired) electrons. The van der Waals surface area contributed by atoms with E-state index in [0.717, 1.165) is 0 Å². The molecular weight excluding hydrogens is 326 g/mol. The number of hydrogen-bond donors (Lipinski definition) is 3. The Morgan fingerprint density at radius 2 is 1.19 bits per heavy atom. The lowest BCUT2D eigenvalue weighted by Crippen LogP contribution is -2.20. The molecule has 0 heterocycles. The lowest BCUT2D eigenvalue weighted by atomic mass is 10.3. The largest absolute Gasteiger partial charge is 0.478 e. The van der Waals surface area contributed by atoms with Crippen molar-refractivity contribution in [3.63, 3.8) is 0 Å². The van der Waals surface area contributed by atoms with Gasteiger partial charge in [0.25, 0.3) is 0 Å². The van der Waals surface area contributed by atoms with E-state index in [0.29, 0.717) is 0 Å². The number of aliphatic carboxylic acids is 1. The minimum absolute atomic E-state index is 0.176. The summed E-state index contributed by atoms with van der Waals surface area (Å²) >= 11 is 0. The molecule has 0 spiro atoms. The molecule has 0 aliphatic rings. The van der Waals surface area contributed by atoms with Crippen LogP contribution in [0.5, 0.6) is 0 Å². The van der Waals surface area contributed by atoms with Crippen LogP contribution in [0.2, 0.25) is 0 Å². The second kappa shape index (κ2) is 6.79. The first-order valence-electron chi connectivity index (χ1n) is 4.78. The normalized spacial score (nSPS) is 10.7. The average molecular weight is 334 g/mol. The van der Waals surface area contributed by atoms with E-state index in [9.17, 15) is 31.3 Å². The fraction of sp³-hybridized carbons (Fsp3) is 0.100. The van der Waals surface area contributed by atoms with Gasteiger partial charge in [0, 0.05) is 5.57 Å². The van der Waals surface area contributed by atoms with Gasteiger partial charge in [-0.15, -0.1) is 0 Å². The van der Waals surface area contributed by atoms with Gasteiger partial charge in [0.2, 0.25) is 5.82 Å². The van der Waals surface area contributed by atoms with E-state index in [1.165, 1.54) is 6.92 Å². The lowest BCUT2D eigenvalue weighted by Gasteiger charge is -2.08. The highest BCUT2D eigenvalue weighted by Gasteiger charge is 2.35. The SMILES string of the molecule is C=C(C)C(=O)O.O=P(O)(O)c1c(F)c(F)c(F)c(F)c1F. The summed E-state index contributed by atoms with van der Waals surface area (Å²) in [5.41, 5.74) is 0.176. The average Bonchev–Trinajstić information content (AvgIpc) is 2.33. The van der Waals surface area contributed by atoms with Crippen molar-refractivity contribution in [1.82, 2.24) is 0 Å². The highest BCUT2D eigenvalue weighted by molar-refractivity contribution is 7.60. The first-order chi connectivity index (χ1) is 9.32. The maximum atomic E-state index is 12.7. The molecule has 1 aromatic carbocycles. The number of hydrogen-bond acceptors (Lipinski definition) is 2. The topological polar surface area (TPSA) is 94.8 Å². The van der Waals surface area contributed by atoms with Gasteiger partial charge in [-0.2, -0.15) is 0 Å². The van der Waals surface area contributed by atoms with Gasteiger partial charge in [-0.05, 0) is 6.92 Å². The molecule has 3 N–H and O–H groups in total. The Morgan fingerprint density at radius 1 is 0.952 bits per heavy atom. The van der Waals surface area contributed by atoms with E-state index in [2.05, 4.69) is 6.58 Å². The maximum absolute atomic E-state index is 12.7. The Morgan fingerprint density at radius 3 is 1.38 bits per heavy atom. The van der Waals surface area contributed by atoms with Crippen LogP contribution >= 0.6 is 7.60 Å². The van der Waals surface area contributed by atoms with Gasteiger partial charge in [0.1, 0.15) is 5.30 Å². The van der Waals surface area contributed by atoms with E-state index >= 15 is 0 Å². The molecule has 0 amide bonds. The second-order valence-electron chi connectivity index (χ2n) is 3.55. The summed E-state index contributed by atoms with van der Waals surface area (Å²) in [6.45, 7) is 4.60. The molecule has 0 unspecified atom stereocenters. The Balaban J connectivity index is 0.000000567. The third kappa shape index (κ3) is 4.62. The van der Waals surface area contributed by atoms with Crippen LogP contribution in [-0.2, 0) is 9.36 Å². The van der Waals surface area contributed by atoms with Crippen molar-refractivity contribution in [2.24, 2.45) is 0 Å². The fourth-order valence-corrected chi connectivity index (χ4v) is 1.56. The summed E-state index contributed by atoms with van der Waals surface area (Å²) in [5, 5.41) is 5.77. The van der Waals surface area contributed by atoms with Gasteiger partial charge in [0.05, 0.1) is 0 Å². The number of carboxylic acids is 1. The minimum atomic E-state index is -5.56. The lowest BCUT2D eigenvalue weighted by molar-refractivity contribution is -0.132. The highest BCUT2D eigenvalue weighted by Crippen LogP contribution is 2.37. The molecular formula is C10H8F5O5P. The van der Waals surface area contributed by atoms with Gasteiger partial charge in [0.15, 0.2) is 23.3 Å². The Hall–Kier alpha value is -1.77. The maximum Gasteiger partial charge on any atom is 0.362 e. The van der Waals surface area contributed by atoms with E-state index in [1.54, 1.807) is 0 Å². The second-order valence-corrected chi connectivity index (χ2v) is 5.08. The molecule has 1 rings (SSSR count). The number of halogens is 5. The zero-order valence-electron chi connectivity index (χ0n) is 10.2. The molecule has 0 aromatic heterocycles. The van der Waals surface area contributed by atoms with Crippen LogP contribution in [0.25, 0.3) is 0 Å². The quantitative estimate of drug-likeness (QED) is 0.252. The Kier molecular flexibility index (Phi) is 6.22. The Bertz CT molecular complexity index is 598. The Labute approximate surface area is 114 Å². The fourth-order valence-electron chi connectivity index (χ4n) is 0.849. The van der Waals surface area contributed by atoms with Crippen molar-refractivity contribution >= 4 is 18.9 Å². The van der Waals surface area contributed by atoms with E-state index in [-0.39, 0.29) is 5.57 Å². The summed E-state index contributed by atoms with van der Waals surface area (Å²) in [6.07, 6.45) is 0. The van der Waals surface area contributed by atoms with E-state index < -0.39 is 48.0 Å². The summed E-state index contributed by atoms with van der Waals surface area (Å²) in [5.74, 6) is -13.3. The van der Waals surface area contributed by atoms with E-state index in [1.807, 2.05) is 0 Å². The zero-order valence-corrected chi connectivity index (χ0v) is 11.1. The van der Waals surface area contributed by atoms with Crippen molar-refractivity contribution in [3.8, 4) is 0 Å². The van der Waals surface area contributed by atoms with Gasteiger partial charge in [-0.1, -0.05) is 6.58 Å². The molecule has 0 atom stereocenters. The predicted octanol–water partition coefficient (Wildman–Crippen LogP) is 1.83. The third-order valence-corrected chi connectivity index (χ3v) is 2.82. The molecule has 11 heteroatoms. The van der Waals surface area contributed by atoms with Gasteiger partial charge in [-0.25, -0.2) is 26.7 Å². The molecule has 0 fully saturated rings. The molecule has 0 aliphatic carbocycles. The van der Waals surface area contributed by atoms with E-state index in [4.69, 9.17) is 14.9 Å². The van der Waals surface area contributed by atoms with Crippen molar-refractivity contribution in [1.29, 1.82) is 0 Å². The van der Waals surface area contributed by atoms with Crippen LogP contribution in [0.15, 0.2) is 12.2 Å². The summed E-state index contributed by atoms with van der Waals surface area (Å²) in [6, 6.07) is 0. The van der Waals surface area contributed by atoms with Crippen molar-refractivity contribution < 1.29 is 46.2 Å². The van der Waals surface area contributed by atoms with Crippen molar-refractivity contribution in [2.75, 3.05) is 0 Å². The first-order valence-corrected chi connectivity index (χ1v) is 6.39. The summed E-state index contributed by atoms with van der Waals surface area (Å²) < 4.78 is 73.1. The monoisotopic (exact) mass is 334 g/mol. The summed E-state index contributed by atoms with van der Waals surface area (Å²) in [7, 11) is -5.56. The minimum Gasteiger partial charge on any atom is -0.478 e. The molecule has 118 valence electrons. The van der Waals surface area contributed by atoms with Crippen LogP contribution in [0.4, 0.5) is 22.0 Å². The standard InChI is InChI=1S/C6H2F5O3P.C4H6O2/c7-1-2(8)4(10)6(15(12,13)14)5(11)3(1)9;1-3(2)4(5)6/h(H2,12,13,14);1H2,2H3,(H,5,6). The highest BCUT2D eigenvalue weighted by atomic mass is 31.2. The van der Waals surface area contributed by atoms with Crippen LogP contribution in [-0.4, -0.2) is 20.9 Å².